The Morgan fingerprint density at radius 3 is 2.80 bits per heavy atom. The second kappa shape index (κ2) is 4.32. The lowest BCUT2D eigenvalue weighted by Crippen LogP contribution is -1.94. The number of aryl methyl sites for hydroxylation is 1. The Balaban J connectivity index is 1.96. The molecule has 0 saturated heterocycles. The van der Waals surface area contributed by atoms with Gasteiger partial charge in [0.15, 0.2) is 0 Å². The van der Waals surface area contributed by atoms with E-state index in [1.165, 1.54) is 4.80 Å². The number of nitrogens with one attached hydrogen (secondary N) is 1. The molecule has 0 aliphatic carbocycles. The molecule has 0 aliphatic rings. The van der Waals surface area contributed by atoms with Crippen LogP contribution < -0.4 is 5.43 Å². The molecule has 0 saturated carbocycles. The zero-order valence-electron chi connectivity index (χ0n) is 8.20. The third-order valence-electron chi connectivity index (χ3n) is 1.69. The number of hydrogen-bond acceptors (Lipinski definition) is 5. The van der Waals surface area contributed by atoms with Crippen molar-refractivity contribution >= 4 is 12.2 Å². The van der Waals surface area contributed by atoms with Gasteiger partial charge in [0.05, 0.1) is 13.3 Å². The summed E-state index contributed by atoms with van der Waals surface area (Å²) in [6.45, 7) is 0. The minimum absolute atomic E-state index is 0.379. The van der Waals surface area contributed by atoms with Gasteiger partial charge in [0.1, 0.15) is 0 Å². The van der Waals surface area contributed by atoms with Crippen LogP contribution in [-0.2, 0) is 7.05 Å². The van der Waals surface area contributed by atoms with E-state index in [2.05, 4.69) is 25.9 Å². The molecule has 0 bridgehead atoms. The third-order valence-corrected chi connectivity index (χ3v) is 1.69. The van der Waals surface area contributed by atoms with Gasteiger partial charge in [-0.15, -0.1) is 5.10 Å². The average Bonchev–Trinajstić information content (AvgIpc) is 2.66. The summed E-state index contributed by atoms with van der Waals surface area (Å²) in [4.78, 5) is 1.36. The van der Waals surface area contributed by atoms with E-state index in [0.29, 0.717) is 5.95 Å². The summed E-state index contributed by atoms with van der Waals surface area (Å²) in [5.74, 6) is 0.379. The molecule has 0 radical (unpaired) electrons. The standard InChI is InChI=1S/C9H10N6/c1-15-13-9(12-14-15)11-10-7-8-5-3-2-4-6-8/h2-7H,1H3,(H,11,13)/b10-7+. The summed E-state index contributed by atoms with van der Waals surface area (Å²) in [5, 5.41) is 15.3. The molecule has 76 valence electrons. The predicted octanol–water partition coefficient (Wildman–Crippen LogP) is 0.656. The van der Waals surface area contributed by atoms with Gasteiger partial charge >= 0.3 is 0 Å². The van der Waals surface area contributed by atoms with Crippen LogP contribution in [-0.4, -0.2) is 26.4 Å². The van der Waals surface area contributed by atoms with Crippen molar-refractivity contribution in [3.8, 4) is 0 Å². The van der Waals surface area contributed by atoms with Crippen molar-refractivity contribution in [2.24, 2.45) is 12.1 Å². The van der Waals surface area contributed by atoms with Crippen molar-refractivity contribution < 1.29 is 0 Å². The number of benzene rings is 1. The molecule has 2 aromatic rings. The van der Waals surface area contributed by atoms with E-state index in [4.69, 9.17) is 0 Å². The Morgan fingerprint density at radius 2 is 2.13 bits per heavy atom. The lowest BCUT2D eigenvalue weighted by Gasteiger charge is -1.91. The lowest BCUT2D eigenvalue weighted by molar-refractivity contribution is 0.630. The molecule has 0 unspecified atom stereocenters. The molecule has 0 atom stereocenters. The molecule has 0 spiro atoms. The monoisotopic (exact) mass is 202 g/mol. The molecule has 2 rings (SSSR count). The number of aromatic nitrogens is 4. The first kappa shape index (κ1) is 9.32. The number of rotatable bonds is 3. The first-order valence-electron chi connectivity index (χ1n) is 4.43. The van der Waals surface area contributed by atoms with Crippen LogP contribution in [0.4, 0.5) is 5.95 Å². The Kier molecular flexibility index (Phi) is 2.68. The van der Waals surface area contributed by atoms with Gasteiger partial charge in [0.2, 0.25) is 0 Å². The molecule has 15 heavy (non-hydrogen) atoms. The molecule has 1 N–H and O–H groups in total. The van der Waals surface area contributed by atoms with Crippen LogP contribution in [0.1, 0.15) is 5.56 Å². The SMILES string of the molecule is Cn1nnc(N/N=C/c2ccccc2)n1. The Bertz CT molecular complexity index is 447. The van der Waals surface area contributed by atoms with E-state index in [1.807, 2.05) is 30.3 Å². The van der Waals surface area contributed by atoms with Crippen molar-refractivity contribution in [2.45, 2.75) is 0 Å². The van der Waals surface area contributed by atoms with Crippen LogP contribution in [0.25, 0.3) is 0 Å². The number of hydrazone groups is 1. The van der Waals surface area contributed by atoms with Crippen molar-refractivity contribution in [2.75, 3.05) is 5.43 Å². The molecule has 0 aliphatic heterocycles. The lowest BCUT2D eigenvalue weighted by atomic mass is 10.2. The van der Waals surface area contributed by atoms with Crippen LogP contribution in [0.3, 0.4) is 0 Å². The van der Waals surface area contributed by atoms with Crippen molar-refractivity contribution in [1.29, 1.82) is 0 Å². The van der Waals surface area contributed by atoms with Crippen molar-refractivity contribution in [1.82, 2.24) is 20.2 Å². The van der Waals surface area contributed by atoms with E-state index in [0.717, 1.165) is 5.56 Å². The van der Waals surface area contributed by atoms with Gasteiger partial charge in [-0.05, 0) is 10.8 Å². The van der Waals surface area contributed by atoms with Crippen LogP contribution in [0.15, 0.2) is 35.4 Å². The third kappa shape index (κ3) is 2.60. The van der Waals surface area contributed by atoms with E-state index in [9.17, 15) is 0 Å². The maximum absolute atomic E-state index is 3.97. The van der Waals surface area contributed by atoms with Gasteiger partial charge in [-0.3, -0.25) is 0 Å². The molecule has 6 nitrogen and oxygen atoms in total. The molecule has 1 aromatic heterocycles. The predicted molar refractivity (Wildman–Crippen MR) is 56.5 cm³/mol. The Hall–Kier alpha value is -2.24. The zero-order valence-corrected chi connectivity index (χ0v) is 8.20. The number of hydrogen-bond donors (Lipinski definition) is 1. The molecule has 0 fully saturated rings. The summed E-state index contributed by atoms with van der Waals surface area (Å²) in [6.07, 6.45) is 1.69. The second-order valence-corrected chi connectivity index (χ2v) is 2.88. The highest BCUT2D eigenvalue weighted by atomic mass is 15.6. The van der Waals surface area contributed by atoms with Crippen LogP contribution >= 0.6 is 0 Å². The van der Waals surface area contributed by atoms with Gasteiger partial charge in [0.25, 0.3) is 5.95 Å². The van der Waals surface area contributed by atoms with Crippen LogP contribution in [0, 0.1) is 0 Å². The fourth-order valence-corrected chi connectivity index (χ4v) is 1.03. The quantitative estimate of drug-likeness (QED) is 0.586. The first-order valence-corrected chi connectivity index (χ1v) is 4.43. The first-order chi connectivity index (χ1) is 7.34. The van der Waals surface area contributed by atoms with Crippen molar-refractivity contribution in [3.05, 3.63) is 35.9 Å². The zero-order chi connectivity index (χ0) is 10.5. The van der Waals surface area contributed by atoms with Crippen LogP contribution in [0.2, 0.25) is 0 Å². The largest absolute Gasteiger partial charge is 0.283 e. The summed E-state index contributed by atoms with van der Waals surface area (Å²) in [6, 6.07) is 9.75. The fourth-order valence-electron chi connectivity index (χ4n) is 1.03. The molecular weight excluding hydrogens is 192 g/mol. The number of anilines is 1. The summed E-state index contributed by atoms with van der Waals surface area (Å²) < 4.78 is 0. The normalized spacial score (nSPS) is 10.7. The Morgan fingerprint density at radius 1 is 1.33 bits per heavy atom. The average molecular weight is 202 g/mol. The smallest absolute Gasteiger partial charge is 0.243 e. The van der Waals surface area contributed by atoms with E-state index in [-0.39, 0.29) is 0 Å². The van der Waals surface area contributed by atoms with Gasteiger partial charge in [-0.25, -0.2) is 5.43 Å². The van der Waals surface area contributed by atoms with E-state index >= 15 is 0 Å². The summed E-state index contributed by atoms with van der Waals surface area (Å²) in [5.41, 5.74) is 3.69. The van der Waals surface area contributed by atoms with Crippen LogP contribution in [0.5, 0.6) is 0 Å². The van der Waals surface area contributed by atoms with Gasteiger partial charge < -0.3 is 0 Å². The van der Waals surface area contributed by atoms with Gasteiger partial charge in [-0.1, -0.05) is 35.4 Å². The summed E-state index contributed by atoms with van der Waals surface area (Å²) in [7, 11) is 1.69. The fraction of sp³-hybridized carbons (Fsp3) is 0.111. The highest BCUT2D eigenvalue weighted by Crippen LogP contribution is 1.95. The topological polar surface area (TPSA) is 68.0 Å². The van der Waals surface area contributed by atoms with E-state index < -0.39 is 0 Å². The highest BCUT2D eigenvalue weighted by molar-refractivity contribution is 5.79. The number of tetrazole rings is 1. The molecule has 0 amide bonds. The molecule has 1 aromatic carbocycles. The minimum atomic E-state index is 0.379. The summed E-state index contributed by atoms with van der Waals surface area (Å²) >= 11 is 0. The maximum atomic E-state index is 3.97. The van der Waals surface area contributed by atoms with Gasteiger partial charge in [0, 0.05) is 0 Å². The van der Waals surface area contributed by atoms with E-state index in [1.54, 1.807) is 13.3 Å². The minimum Gasteiger partial charge on any atom is -0.243 e. The molecule has 6 heteroatoms. The molecular formula is C9H10N6. The Labute approximate surface area is 86.6 Å². The second-order valence-electron chi connectivity index (χ2n) is 2.88. The maximum Gasteiger partial charge on any atom is 0.283 e. The van der Waals surface area contributed by atoms with Gasteiger partial charge in [-0.2, -0.15) is 9.90 Å². The molecule has 1 heterocycles. The number of nitrogens with zero attached hydrogens (tertiary/aromatic N) is 5. The van der Waals surface area contributed by atoms with Crippen molar-refractivity contribution in [3.63, 3.8) is 0 Å². The highest BCUT2D eigenvalue weighted by Gasteiger charge is 1.94.